The normalized spacial score (nSPS) is 34.9. The molecule has 2 aliphatic rings. The van der Waals surface area contributed by atoms with Crippen LogP contribution in [0.15, 0.2) is 12.2 Å². The number of hydrogen-bond donors (Lipinski definition) is 1. The van der Waals surface area contributed by atoms with E-state index in [9.17, 15) is 9.90 Å². The summed E-state index contributed by atoms with van der Waals surface area (Å²) in [6, 6.07) is 0. The topological polar surface area (TPSA) is 46.5 Å². The summed E-state index contributed by atoms with van der Waals surface area (Å²) < 4.78 is 4.96. The van der Waals surface area contributed by atoms with E-state index in [1.54, 1.807) is 0 Å². The lowest BCUT2D eigenvalue weighted by atomic mass is 9.94. The zero-order chi connectivity index (χ0) is 10.3. The van der Waals surface area contributed by atoms with Crippen LogP contribution in [0.5, 0.6) is 0 Å². The Morgan fingerprint density at radius 2 is 2.14 bits per heavy atom. The first-order chi connectivity index (χ1) is 6.46. The second-order valence-electron chi connectivity index (χ2n) is 4.75. The number of aliphatic hydroxyl groups is 1. The Kier molecular flexibility index (Phi) is 2.14. The second kappa shape index (κ2) is 3.09. The molecule has 3 nitrogen and oxygen atoms in total. The molecule has 78 valence electrons. The molecular formula is C11H16O3. The highest BCUT2D eigenvalue weighted by Gasteiger charge is 2.41. The van der Waals surface area contributed by atoms with Crippen LogP contribution in [0, 0.1) is 17.8 Å². The summed E-state index contributed by atoms with van der Waals surface area (Å²) in [4.78, 5) is 11.6. The molecule has 0 radical (unpaired) electrons. The van der Waals surface area contributed by atoms with Crippen molar-refractivity contribution in [2.45, 2.75) is 32.5 Å². The number of fused-ring (bicyclic) bond motifs is 2. The van der Waals surface area contributed by atoms with E-state index in [0.717, 1.165) is 12.8 Å². The average Bonchev–Trinajstić information content (AvgIpc) is 2.59. The molecule has 0 saturated heterocycles. The summed E-state index contributed by atoms with van der Waals surface area (Å²) in [5.41, 5.74) is 0. The van der Waals surface area contributed by atoms with Crippen molar-refractivity contribution in [3.8, 4) is 0 Å². The van der Waals surface area contributed by atoms with Crippen LogP contribution in [0.3, 0.4) is 0 Å². The van der Waals surface area contributed by atoms with Crippen molar-refractivity contribution in [2.75, 3.05) is 0 Å². The predicted molar refractivity (Wildman–Crippen MR) is 51.2 cm³/mol. The fourth-order valence-electron chi connectivity index (χ4n) is 2.37. The van der Waals surface area contributed by atoms with Gasteiger partial charge in [-0.25, -0.2) is 0 Å². The van der Waals surface area contributed by atoms with E-state index >= 15 is 0 Å². The number of hydrogen-bond acceptors (Lipinski definition) is 3. The van der Waals surface area contributed by atoms with E-state index in [1.165, 1.54) is 13.8 Å². The molecule has 3 heteroatoms. The molecule has 14 heavy (non-hydrogen) atoms. The van der Waals surface area contributed by atoms with Gasteiger partial charge in [0.2, 0.25) is 5.79 Å². The molecule has 0 aromatic rings. The quantitative estimate of drug-likeness (QED) is 0.413. The predicted octanol–water partition coefficient (Wildman–Crippen LogP) is 1.47. The van der Waals surface area contributed by atoms with Crippen LogP contribution in [0.25, 0.3) is 0 Å². The lowest BCUT2D eigenvalue weighted by molar-refractivity contribution is -0.200. The van der Waals surface area contributed by atoms with Gasteiger partial charge < -0.3 is 9.84 Å². The molecule has 0 aromatic heterocycles. The summed E-state index contributed by atoms with van der Waals surface area (Å²) in [7, 11) is 0. The van der Waals surface area contributed by atoms with E-state index in [-0.39, 0.29) is 11.9 Å². The van der Waals surface area contributed by atoms with Crippen LogP contribution >= 0.6 is 0 Å². The molecule has 0 amide bonds. The maximum absolute atomic E-state index is 11.6. The Bertz CT molecular complexity index is 275. The molecule has 0 heterocycles. The first-order valence-electron chi connectivity index (χ1n) is 5.09. The molecule has 3 atom stereocenters. The van der Waals surface area contributed by atoms with Gasteiger partial charge >= 0.3 is 5.97 Å². The third-order valence-corrected chi connectivity index (χ3v) is 2.93. The van der Waals surface area contributed by atoms with E-state index in [1.807, 2.05) is 0 Å². The van der Waals surface area contributed by atoms with E-state index in [4.69, 9.17) is 4.74 Å². The Labute approximate surface area is 83.8 Å². The van der Waals surface area contributed by atoms with Gasteiger partial charge in [0.05, 0.1) is 5.92 Å². The third kappa shape index (κ3) is 1.82. The van der Waals surface area contributed by atoms with Crippen LogP contribution in [0.4, 0.5) is 0 Å². The van der Waals surface area contributed by atoms with Crippen molar-refractivity contribution >= 4 is 5.97 Å². The van der Waals surface area contributed by atoms with Gasteiger partial charge in [-0.3, -0.25) is 4.79 Å². The summed E-state index contributed by atoms with van der Waals surface area (Å²) in [5.74, 6) is -0.734. The van der Waals surface area contributed by atoms with Crippen molar-refractivity contribution < 1.29 is 14.6 Å². The molecular weight excluding hydrogens is 180 g/mol. The monoisotopic (exact) mass is 196 g/mol. The molecule has 0 spiro atoms. The summed E-state index contributed by atoms with van der Waals surface area (Å²) in [6.07, 6.45) is 6.24. The molecule has 2 bridgehead atoms. The zero-order valence-electron chi connectivity index (χ0n) is 8.56. The smallest absolute Gasteiger partial charge is 0.312 e. The first kappa shape index (κ1) is 9.71. The minimum Gasteiger partial charge on any atom is -0.434 e. The highest BCUT2D eigenvalue weighted by molar-refractivity contribution is 5.74. The van der Waals surface area contributed by atoms with Crippen LogP contribution in [-0.4, -0.2) is 16.9 Å². The molecule has 2 rings (SSSR count). The van der Waals surface area contributed by atoms with E-state index < -0.39 is 5.79 Å². The number of esters is 1. The lowest BCUT2D eigenvalue weighted by Crippen LogP contribution is -2.32. The van der Waals surface area contributed by atoms with Gasteiger partial charge in [-0.2, -0.15) is 0 Å². The van der Waals surface area contributed by atoms with Gasteiger partial charge in [0.25, 0.3) is 0 Å². The molecule has 0 aliphatic heterocycles. The molecule has 2 aliphatic carbocycles. The van der Waals surface area contributed by atoms with Gasteiger partial charge in [0, 0.05) is 13.8 Å². The number of carbonyl (C=O) groups excluding carboxylic acids is 1. The SMILES string of the molecule is CC(C)(O)OC(=O)C1CC2C=CC1C2. The Balaban J connectivity index is 1.97. The third-order valence-electron chi connectivity index (χ3n) is 2.93. The summed E-state index contributed by atoms with van der Waals surface area (Å²) in [5, 5.41) is 9.36. The summed E-state index contributed by atoms with van der Waals surface area (Å²) >= 11 is 0. The number of rotatable bonds is 2. The van der Waals surface area contributed by atoms with E-state index in [0.29, 0.717) is 11.8 Å². The maximum atomic E-state index is 11.6. The number of allylic oxidation sites excluding steroid dienone is 2. The minimum absolute atomic E-state index is 0.0311. The van der Waals surface area contributed by atoms with Crippen molar-refractivity contribution in [3.05, 3.63) is 12.2 Å². The van der Waals surface area contributed by atoms with Gasteiger partial charge in [0.1, 0.15) is 0 Å². The standard InChI is InChI=1S/C11H16O3/c1-11(2,13)14-10(12)9-6-7-3-4-8(9)5-7/h3-4,7-9,13H,5-6H2,1-2H3. The fraction of sp³-hybridized carbons (Fsp3) is 0.727. The van der Waals surface area contributed by atoms with Crippen LogP contribution in [-0.2, 0) is 9.53 Å². The van der Waals surface area contributed by atoms with Gasteiger partial charge in [0.15, 0.2) is 0 Å². The largest absolute Gasteiger partial charge is 0.434 e. The molecule has 0 aromatic carbocycles. The van der Waals surface area contributed by atoms with Gasteiger partial charge in [-0.05, 0) is 24.7 Å². The number of ether oxygens (including phenoxy) is 1. The van der Waals surface area contributed by atoms with Crippen LogP contribution in [0.1, 0.15) is 26.7 Å². The zero-order valence-corrected chi connectivity index (χ0v) is 8.56. The highest BCUT2D eigenvalue weighted by Crippen LogP contribution is 2.44. The van der Waals surface area contributed by atoms with E-state index in [2.05, 4.69) is 12.2 Å². The molecule has 1 N–H and O–H groups in total. The minimum atomic E-state index is -1.34. The summed E-state index contributed by atoms with van der Waals surface area (Å²) in [6.45, 7) is 2.96. The van der Waals surface area contributed by atoms with Crippen LogP contribution < -0.4 is 0 Å². The average molecular weight is 196 g/mol. The highest BCUT2D eigenvalue weighted by atomic mass is 16.7. The first-order valence-corrected chi connectivity index (χ1v) is 5.09. The van der Waals surface area contributed by atoms with Crippen LogP contribution in [0.2, 0.25) is 0 Å². The Morgan fingerprint density at radius 3 is 2.57 bits per heavy atom. The maximum Gasteiger partial charge on any atom is 0.312 e. The Hall–Kier alpha value is -0.830. The van der Waals surface area contributed by atoms with Crippen molar-refractivity contribution in [1.29, 1.82) is 0 Å². The number of carbonyl (C=O) groups is 1. The molecule has 1 saturated carbocycles. The van der Waals surface area contributed by atoms with Gasteiger partial charge in [-0.1, -0.05) is 12.2 Å². The van der Waals surface area contributed by atoms with Gasteiger partial charge in [-0.15, -0.1) is 0 Å². The molecule has 1 fully saturated rings. The fourth-order valence-corrected chi connectivity index (χ4v) is 2.37. The van der Waals surface area contributed by atoms with Crippen molar-refractivity contribution in [1.82, 2.24) is 0 Å². The Morgan fingerprint density at radius 1 is 1.43 bits per heavy atom. The second-order valence-corrected chi connectivity index (χ2v) is 4.75. The van der Waals surface area contributed by atoms with Crippen molar-refractivity contribution in [2.24, 2.45) is 17.8 Å². The van der Waals surface area contributed by atoms with Crippen molar-refractivity contribution in [3.63, 3.8) is 0 Å². The lowest BCUT2D eigenvalue weighted by Gasteiger charge is -2.23. The molecule has 3 unspecified atom stereocenters.